The number of hydrogen-bond donors (Lipinski definition) is 2. The van der Waals surface area contributed by atoms with Gasteiger partial charge in [0.25, 0.3) is 0 Å². The first-order valence-corrected chi connectivity index (χ1v) is 8.01. The predicted molar refractivity (Wildman–Crippen MR) is 100 cm³/mol. The van der Waals surface area contributed by atoms with E-state index in [-0.39, 0.29) is 0 Å². The van der Waals surface area contributed by atoms with Gasteiger partial charge in [0.1, 0.15) is 5.75 Å². The highest BCUT2D eigenvalue weighted by atomic mass is 16.5. The number of nitrogens with zero attached hydrogens (tertiary/aromatic N) is 3. The molecule has 2 N–H and O–H groups in total. The van der Waals surface area contributed by atoms with Crippen molar-refractivity contribution in [3.63, 3.8) is 0 Å². The van der Waals surface area contributed by atoms with Gasteiger partial charge < -0.3 is 15.4 Å². The molecule has 1 aromatic heterocycles. The van der Waals surface area contributed by atoms with Crippen LogP contribution in [0.2, 0.25) is 0 Å². The lowest BCUT2D eigenvalue weighted by molar-refractivity contribution is 0.415. The van der Waals surface area contributed by atoms with Crippen LogP contribution in [-0.2, 0) is 0 Å². The maximum atomic E-state index is 5.23. The number of rotatable bonds is 5. The largest absolute Gasteiger partial charge is 0.497 e. The quantitative estimate of drug-likeness (QED) is 0.724. The number of aryl methyl sites for hydroxylation is 3. The van der Waals surface area contributed by atoms with Crippen molar-refractivity contribution in [1.29, 1.82) is 0 Å². The zero-order chi connectivity index (χ0) is 17.8. The third-order valence-electron chi connectivity index (χ3n) is 3.81. The lowest BCUT2D eigenvalue weighted by Gasteiger charge is -2.13. The van der Waals surface area contributed by atoms with E-state index in [9.17, 15) is 0 Å². The van der Waals surface area contributed by atoms with Crippen molar-refractivity contribution >= 4 is 23.1 Å². The summed E-state index contributed by atoms with van der Waals surface area (Å²) in [4.78, 5) is 4.49. The molecule has 2 aromatic carbocycles. The second kappa shape index (κ2) is 7.17. The third kappa shape index (κ3) is 4.03. The van der Waals surface area contributed by atoms with Crippen LogP contribution in [0.4, 0.5) is 23.1 Å². The maximum absolute atomic E-state index is 5.23. The van der Waals surface area contributed by atoms with Gasteiger partial charge in [-0.3, -0.25) is 0 Å². The van der Waals surface area contributed by atoms with Gasteiger partial charge in [0.2, 0.25) is 5.95 Å². The van der Waals surface area contributed by atoms with Gasteiger partial charge in [-0.1, -0.05) is 23.8 Å². The molecule has 25 heavy (non-hydrogen) atoms. The first-order valence-electron chi connectivity index (χ1n) is 8.01. The van der Waals surface area contributed by atoms with Crippen LogP contribution >= 0.6 is 0 Å². The van der Waals surface area contributed by atoms with Crippen molar-refractivity contribution in [2.24, 2.45) is 0 Å². The van der Waals surface area contributed by atoms with E-state index in [0.717, 1.165) is 28.3 Å². The fourth-order valence-corrected chi connectivity index (χ4v) is 2.75. The van der Waals surface area contributed by atoms with Gasteiger partial charge in [-0.15, -0.1) is 5.10 Å². The molecular weight excluding hydrogens is 314 g/mol. The van der Waals surface area contributed by atoms with Crippen molar-refractivity contribution in [1.82, 2.24) is 15.2 Å². The van der Waals surface area contributed by atoms with Gasteiger partial charge in [0.15, 0.2) is 5.82 Å². The van der Waals surface area contributed by atoms with Crippen LogP contribution in [0, 0.1) is 20.8 Å². The molecule has 0 aliphatic rings. The fraction of sp³-hybridized carbons (Fsp3) is 0.211. The third-order valence-corrected chi connectivity index (χ3v) is 3.81. The Kier molecular flexibility index (Phi) is 4.79. The summed E-state index contributed by atoms with van der Waals surface area (Å²) in [5.74, 6) is 1.83. The first kappa shape index (κ1) is 16.7. The van der Waals surface area contributed by atoms with Crippen LogP contribution in [0.15, 0.2) is 42.6 Å². The van der Waals surface area contributed by atoms with E-state index in [0.29, 0.717) is 11.8 Å². The Morgan fingerprint density at radius 2 is 1.72 bits per heavy atom. The molecule has 0 radical (unpaired) electrons. The molecule has 0 aliphatic heterocycles. The monoisotopic (exact) mass is 335 g/mol. The minimum atomic E-state index is 0.447. The summed E-state index contributed by atoms with van der Waals surface area (Å²) < 4.78 is 5.23. The Bertz CT molecular complexity index is 871. The van der Waals surface area contributed by atoms with E-state index in [2.05, 4.69) is 58.7 Å². The zero-order valence-electron chi connectivity index (χ0n) is 14.8. The highest BCUT2D eigenvalue weighted by molar-refractivity contribution is 5.65. The topological polar surface area (TPSA) is 72.0 Å². The van der Waals surface area contributed by atoms with Crippen molar-refractivity contribution in [3.8, 4) is 5.75 Å². The van der Waals surface area contributed by atoms with Gasteiger partial charge in [0, 0.05) is 17.4 Å². The molecule has 1 heterocycles. The summed E-state index contributed by atoms with van der Waals surface area (Å²) in [6.45, 7) is 6.21. The van der Waals surface area contributed by atoms with E-state index < -0.39 is 0 Å². The van der Waals surface area contributed by atoms with Crippen LogP contribution in [0.5, 0.6) is 5.75 Å². The smallest absolute Gasteiger partial charge is 0.249 e. The molecule has 128 valence electrons. The Balaban J connectivity index is 1.82. The molecule has 0 amide bonds. The summed E-state index contributed by atoms with van der Waals surface area (Å²) in [7, 11) is 1.64. The van der Waals surface area contributed by atoms with Crippen LogP contribution in [0.3, 0.4) is 0 Å². The zero-order valence-corrected chi connectivity index (χ0v) is 14.8. The van der Waals surface area contributed by atoms with Crippen LogP contribution in [0.1, 0.15) is 16.7 Å². The number of benzene rings is 2. The predicted octanol–water partition coefficient (Wildman–Crippen LogP) is 4.29. The molecule has 0 fully saturated rings. The Morgan fingerprint density at radius 3 is 2.44 bits per heavy atom. The molecular formula is C19H21N5O. The van der Waals surface area contributed by atoms with Gasteiger partial charge in [-0.2, -0.15) is 10.1 Å². The Morgan fingerprint density at radius 1 is 0.960 bits per heavy atom. The molecule has 0 bridgehead atoms. The number of methoxy groups -OCH3 is 1. The molecule has 0 unspecified atom stereocenters. The van der Waals surface area contributed by atoms with Crippen molar-refractivity contribution in [2.45, 2.75) is 20.8 Å². The Labute approximate surface area is 147 Å². The molecule has 0 atom stereocenters. The van der Waals surface area contributed by atoms with Gasteiger partial charge in [-0.05, 0) is 44.0 Å². The van der Waals surface area contributed by atoms with E-state index >= 15 is 0 Å². The van der Waals surface area contributed by atoms with Gasteiger partial charge in [-0.25, -0.2) is 0 Å². The van der Waals surface area contributed by atoms with Gasteiger partial charge >= 0.3 is 0 Å². The summed E-state index contributed by atoms with van der Waals surface area (Å²) in [5, 5.41) is 14.6. The molecule has 3 rings (SSSR count). The number of nitrogens with one attached hydrogen (secondary N) is 2. The molecule has 3 aromatic rings. The summed E-state index contributed by atoms with van der Waals surface area (Å²) in [5.41, 5.74) is 5.40. The normalized spacial score (nSPS) is 10.4. The van der Waals surface area contributed by atoms with Crippen LogP contribution in [0.25, 0.3) is 0 Å². The highest BCUT2D eigenvalue weighted by Crippen LogP contribution is 2.25. The number of ether oxygens (including phenoxy) is 1. The van der Waals surface area contributed by atoms with E-state index in [1.165, 1.54) is 5.56 Å². The van der Waals surface area contributed by atoms with E-state index in [1.807, 2.05) is 24.3 Å². The van der Waals surface area contributed by atoms with Crippen LogP contribution in [-0.4, -0.2) is 22.3 Å². The van der Waals surface area contributed by atoms with E-state index in [1.54, 1.807) is 13.3 Å². The molecule has 0 saturated carbocycles. The minimum Gasteiger partial charge on any atom is -0.497 e. The lowest BCUT2D eigenvalue weighted by Crippen LogP contribution is -2.04. The molecule has 0 aliphatic carbocycles. The second-order valence-electron chi connectivity index (χ2n) is 5.92. The minimum absolute atomic E-state index is 0.447. The molecule has 6 nitrogen and oxygen atoms in total. The van der Waals surface area contributed by atoms with E-state index in [4.69, 9.17) is 4.74 Å². The number of hydrogen-bond acceptors (Lipinski definition) is 6. The average Bonchev–Trinajstić information content (AvgIpc) is 2.58. The molecule has 0 saturated heterocycles. The lowest BCUT2D eigenvalue weighted by atomic mass is 10.1. The van der Waals surface area contributed by atoms with Crippen molar-refractivity contribution in [2.75, 3.05) is 17.7 Å². The molecule has 6 heteroatoms. The highest BCUT2D eigenvalue weighted by Gasteiger charge is 2.07. The van der Waals surface area contributed by atoms with Crippen molar-refractivity contribution < 1.29 is 4.74 Å². The fourth-order valence-electron chi connectivity index (χ4n) is 2.75. The van der Waals surface area contributed by atoms with Crippen LogP contribution < -0.4 is 15.4 Å². The standard InChI is InChI=1S/C19H21N5O/c1-12-8-13(2)18(14(3)9-12)23-19-22-17(11-20-24-19)21-15-6-5-7-16(10-15)25-4/h5-11H,1-4H3,(H2,21,22,23,24). The SMILES string of the molecule is COc1cccc(Nc2cnnc(Nc3c(C)cc(C)cc3C)n2)c1. The summed E-state index contributed by atoms with van der Waals surface area (Å²) in [6.07, 6.45) is 1.58. The van der Waals surface area contributed by atoms with Crippen molar-refractivity contribution in [3.05, 3.63) is 59.3 Å². The summed E-state index contributed by atoms with van der Waals surface area (Å²) in [6, 6.07) is 11.9. The average molecular weight is 335 g/mol. The Hall–Kier alpha value is -3.15. The number of aromatic nitrogens is 3. The first-order chi connectivity index (χ1) is 12.0. The maximum Gasteiger partial charge on any atom is 0.249 e. The number of anilines is 4. The molecule has 0 spiro atoms. The second-order valence-corrected chi connectivity index (χ2v) is 5.92. The van der Waals surface area contributed by atoms with Gasteiger partial charge in [0.05, 0.1) is 13.3 Å². The summed E-state index contributed by atoms with van der Waals surface area (Å²) >= 11 is 0.